The average Bonchev–Trinajstić information content (AvgIpc) is 2.04. The fourth-order valence-electron chi connectivity index (χ4n) is 1.50. The molecule has 0 radical (unpaired) electrons. The SMILES string of the molecule is CC(C)C(=O)N1CCNC[C@@H]1C. The molecule has 1 fully saturated rings. The summed E-state index contributed by atoms with van der Waals surface area (Å²) in [6.45, 7) is 8.72. The van der Waals surface area contributed by atoms with Crippen LogP contribution >= 0.6 is 0 Å². The molecular weight excluding hydrogens is 152 g/mol. The van der Waals surface area contributed by atoms with Gasteiger partial charge in [-0.25, -0.2) is 0 Å². The molecule has 0 aromatic heterocycles. The second-order valence-electron chi connectivity index (χ2n) is 3.74. The number of nitrogens with zero attached hydrogens (tertiary/aromatic N) is 1. The molecule has 1 N–H and O–H groups in total. The van der Waals surface area contributed by atoms with Crippen molar-refractivity contribution >= 4 is 5.91 Å². The van der Waals surface area contributed by atoms with Crippen LogP contribution < -0.4 is 5.32 Å². The van der Waals surface area contributed by atoms with E-state index in [-0.39, 0.29) is 11.8 Å². The van der Waals surface area contributed by atoms with E-state index < -0.39 is 0 Å². The number of piperazine rings is 1. The van der Waals surface area contributed by atoms with E-state index in [2.05, 4.69) is 12.2 Å². The van der Waals surface area contributed by atoms with Crippen molar-refractivity contribution in [2.45, 2.75) is 26.8 Å². The third kappa shape index (κ3) is 1.97. The summed E-state index contributed by atoms with van der Waals surface area (Å²) in [5.74, 6) is 0.412. The van der Waals surface area contributed by atoms with Gasteiger partial charge in [0.25, 0.3) is 0 Å². The number of carbonyl (C=O) groups is 1. The van der Waals surface area contributed by atoms with Crippen molar-refractivity contribution in [1.29, 1.82) is 0 Å². The molecule has 1 aliphatic rings. The molecule has 0 bridgehead atoms. The van der Waals surface area contributed by atoms with E-state index in [1.807, 2.05) is 18.7 Å². The molecule has 1 amide bonds. The monoisotopic (exact) mass is 170 g/mol. The van der Waals surface area contributed by atoms with E-state index in [9.17, 15) is 4.79 Å². The maximum Gasteiger partial charge on any atom is 0.225 e. The number of amides is 1. The lowest BCUT2D eigenvalue weighted by Gasteiger charge is -2.35. The predicted molar refractivity (Wildman–Crippen MR) is 48.9 cm³/mol. The van der Waals surface area contributed by atoms with Crippen LogP contribution in [0.2, 0.25) is 0 Å². The molecule has 0 aromatic rings. The Morgan fingerprint density at radius 2 is 2.25 bits per heavy atom. The number of carbonyl (C=O) groups excluding carboxylic acids is 1. The summed E-state index contributed by atoms with van der Waals surface area (Å²) in [6.07, 6.45) is 0. The predicted octanol–water partition coefficient (Wildman–Crippen LogP) is 0.463. The van der Waals surface area contributed by atoms with E-state index in [0.717, 1.165) is 19.6 Å². The first kappa shape index (κ1) is 9.52. The summed E-state index contributed by atoms with van der Waals surface area (Å²) in [5, 5.41) is 3.26. The fourth-order valence-corrected chi connectivity index (χ4v) is 1.50. The van der Waals surface area contributed by atoms with Gasteiger partial charge in [0, 0.05) is 31.6 Å². The van der Waals surface area contributed by atoms with E-state index in [4.69, 9.17) is 0 Å². The minimum absolute atomic E-state index is 0.130. The second kappa shape index (κ2) is 3.90. The Balaban J connectivity index is 2.53. The Labute approximate surface area is 74.1 Å². The fraction of sp³-hybridized carbons (Fsp3) is 0.889. The van der Waals surface area contributed by atoms with E-state index in [0.29, 0.717) is 6.04 Å². The number of rotatable bonds is 1. The molecule has 12 heavy (non-hydrogen) atoms. The summed E-state index contributed by atoms with van der Waals surface area (Å²) in [5.41, 5.74) is 0. The van der Waals surface area contributed by atoms with Crippen LogP contribution in [-0.4, -0.2) is 36.5 Å². The van der Waals surface area contributed by atoms with Gasteiger partial charge in [-0.1, -0.05) is 13.8 Å². The van der Waals surface area contributed by atoms with Crippen molar-refractivity contribution in [3.05, 3.63) is 0 Å². The lowest BCUT2D eigenvalue weighted by atomic mass is 10.1. The lowest BCUT2D eigenvalue weighted by molar-refractivity contribution is -0.137. The maximum absolute atomic E-state index is 11.6. The highest BCUT2D eigenvalue weighted by atomic mass is 16.2. The van der Waals surface area contributed by atoms with E-state index in [1.54, 1.807) is 0 Å². The van der Waals surface area contributed by atoms with Crippen LogP contribution in [0.25, 0.3) is 0 Å². The Morgan fingerprint density at radius 1 is 1.58 bits per heavy atom. The molecule has 0 saturated carbocycles. The first-order valence-electron chi connectivity index (χ1n) is 4.64. The van der Waals surface area contributed by atoms with Crippen molar-refractivity contribution in [3.8, 4) is 0 Å². The highest BCUT2D eigenvalue weighted by molar-refractivity contribution is 5.78. The van der Waals surface area contributed by atoms with Crippen LogP contribution in [0.15, 0.2) is 0 Å². The minimum atomic E-state index is 0.130. The summed E-state index contributed by atoms with van der Waals surface area (Å²) >= 11 is 0. The van der Waals surface area contributed by atoms with Gasteiger partial charge in [-0.15, -0.1) is 0 Å². The number of hydrogen-bond donors (Lipinski definition) is 1. The van der Waals surface area contributed by atoms with Gasteiger partial charge in [0.05, 0.1) is 0 Å². The second-order valence-corrected chi connectivity index (χ2v) is 3.74. The maximum atomic E-state index is 11.6. The standard InChI is InChI=1S/C9H18N2O/c1-7(2)9(12)11-5-4-10-6-8(11)3/h7-8,10H,4-6H2,1-3H3/t8-/m0/s1. The Kier molecular flexibility index (Phi) is 3.09. The van der Waals surface area contributed by atoms with Gasteiger partial charge in [0.2, 0.25) is 5.91 Å². The molecule has 0 spiro atoms. The highest BCUT2D eigenvalue weighted by Gasteiger charge is 2.24. The Bertz CT molecular complexity index is 168. The highest BCUT2D eigenvalue weighted by Crippen LogP contribution is 2.07. The van der Waals surface area contributed by atoms with Gasteiger partial charge in [0.1, 0.15) is 0 Å². The third-order valence-corrected chi connectivity index (χ3v) is 2.28. The lowest BCUT2D eigenvalue weighted by Crippen LogP contribution is -2.53. The topological polar surface area (TPSA) is 32.3 Å². The van der Waals surface area contributed by atoms with Crippen LogP contribution in [0.1, 0.15) is 20.8 Å². The first-order chi connectivity index (χ1) is 5.63. The summed E-state index contributed by atoms with van der Waals surface area (Å²) in [6, 6.07) is 0.355. The van der Waals surface area contributed by atoms with Gasteiger partial charge < -0.3 is 10.2 Å². The molecule has 1 heterocycles. The van der Waals surface area contributed by atoms with Crippen LogP contribution in [0.3, 0.4) is 0 Å². The van der Waals surface area contributed by atoms with Gasteiger partial charge >= 0.3 is 0 Å². The summed E-state index contributed by atoms with van der Waals surface area (Å²) < 4.78 is 0. The van der Waals surface area contributed by atoms with Gasteiger partial charge in [-0.05, 0) is 6.92 Å². The van der Waals surface area contributed by atoms with E-state index >= 15 is 0 Å². The molecule has 1 aliphatic heterocycles. The van der Waals surface area contributed by atoms with Crippen molar-refractivity contribution in [2.75, 3.05) is 19.6 Å². The quantitative estimate of drug-likeness (QED) is 0.620. The summed E-state index contributed by atoms with van der Waals surface area (Å²) in [4.78, 5) is 13.6. The molecule has 1 rings (SSSR count). The minimum Gasteiger partial charge on any atom is -0.337 e. The van der Waals surface area contributed by atoms with Crippen LogP contribution in [-0.2, 0) is 4.79 Å². The van der Waals surface area contributed by atoms with Crippen LogP contribution in [0, 0.1) is 5.92 Å². The van der Waals surface area contributed by atoms with Crippen molar-refractivity contribution in [1.82, 2.24) is 10.2 Å². The van der Waals surface area contributed by atoms with Crippen molar-refractivity contribution in [2.24, 2.45) is 5.92 Å². The summed E-state index contributed by atoms with van der Waals surface area (Å²) in [7, 11) is 0. The zero-order chi connectivity index (χ0) is 9.14. The Hall–Kier alpha value is -0.570. The molecule has 0 aliphatic carbocycles. The van der Waals surface area contributed by atoms with E-state index in [1.165, 1.54) is 0 Å². The number of hydrogen-bond acceptors (Lipinski definition) is 2. The number of nitrogens with one attached hydrogen (secondary N) is 1. The average molecular weight is 170 g/mol. The largest absolute Gasteiger partial charge is 0.337 e. The zero-order valence-corrected chi connectivity index (χ0v) is 8.13. The molecule has 3 heteroatoms. The third-order valence-electron chi connectivity index (χ3n) is 2.28. The molecule has 0 aromatic carbocycles. The normalized spacial score (nSPS) is 24.7. The van der Waals surface area contributed by atoms with Crippen LogP contribution in [0.4, 0.5) is 0 Å². The molecule has 3 nitrogen and oxygen atoms in total. The van der Waals surface area contributed by atoms with Gasteiger partial charge in [-0.3, -0.25) is 4.79 Å². The molecule has 1 atom stereocenters. The van der Waals surface area contributed by atoms with Gasteiger partial charge in [-0.2, -0.15) is 0 Å². The first-order valence-corrected chi connectivity index (χ1v) is 4.64. The zero-order valence-electron chi connectivity index (χ0n) is 8.13. The smallest absolute Gasteiger partial charge is 0.225 e. The molecule has 0 unspecified atom stereocenters. The molecular formula is C9H18N2O. The van der Waals surface area contributed by atoms with Crippen LogP contribution in [0.5, 0.6) is 0 Å². The van der Waals surface area contributed by atoms with Crippen molar-refractivity contribution in [3.63, 3.8) is 0 Å². The molecule has 70 valence electrons. The molecule has 1 saturated heterocycles. The van der Waals surface area contributed by atoms with Gasteiger partial charge in [0.15, 0.2) is 0 Å². The Morgan fingerprint density at radius 3 is 2.75 bits per heavy atom. The van der Waals surface area contributed by atoms with Crippen molar-refractivity contribution < 1.29 is 4.79 Å².